The molecule has 0 fully saturated rings. The second kappa shape index (κ2) is 16.6. The number of nitrogens with one attached hydrogen (secondary N) is 1. The summed E-state index contributed by atoms with van der Waals surface area (Å²) in [6.45, 7) is 6.80. The van der Waals surface area contributed by atoms with Crippen LogP contribution in [0.2, 0.25) is 0 Å². The highest BCUT2D eigenvalue weighted by atomic mass is 16.4. The lowest BCUT2D eigenvalue weighted by molar-refractivity contribution is -0.122. The maximum Gasteiger partial charge on any atom is 0.347 e. The molecule has 8 nitrogen and oxygen atoms in total. The van der Waals surface area contributed by atoms with Gasteiger partial charge in [-0.1, -0.05) is 48.6 Å². The van der Waals surface area contributed by atoms with Crippen LogP contribution in [-0.2, 0) is 16.1 Å². The monoisotopic (exact) mass is 645 g/mol. The van der Waals surface area contributed by atoms with E-state index in [0.717, 1.165) is 59.4 Å². The first-order valence-electron chi connectivity index (χ1n) is 17.0. The zero-order valence-corrected chi connectivity index (χ0v) is 27.8. The van der Waals surface area contributed by atoms with Crippen LogP contribution >= 0.6 is 0 Å². The zero-order valence-electron chi connectivity index (χ0n) is 27.8. The van der Waals surface area contributed by atoms with Crippen molar-refractivity contribution < 1.29 is 18.8 Å². The fourth-order valence-electron chi connectivity index (χ4n) is 6.02. The van der Waals surface area contributed by atoms with E-state index in [9.17, 15) is 19.2 Å². The molecule has 0 saturated heterocycles. The van der Waals surface area contributed by atoms with Crippen molar-refractivity contribution in [2.75, 3.05) is 29.4 Å². The minimum Gasteiger partial charge on any atom is -0.422 e. The quantitative estimate of drug-likeness (QED) is 0.0647. The molecule has 1 N–H and O–H groups in total. The summed E-state index contributed by atoms with van der Waals surface area (Å²) < 4.78 is 5.51. The summed E-state index contributed by atoms with van der Waals surface area (Å²) in [7, 11) is 0. The third-order valence-corrected chi connectivity index (χ3v) is 8.77. The molecule has 0 radical (unpaired) electrons. The molecule has 2 heterocycles. The van der Waals surface area contributed by atoms with Crippen LogP contribution in [0.15, 0.2) is 82.0 Å². The largest absolute Gasteiger partial charge is 0.422 e. The number of Topliss-reactive ketones (excluding diaryl/α,β-unsaturated/α-hetero) is 1. The number of carbonyl (C=O) groups is 3. The number of ketones is 1. The Kier molecular flexibility index (Phi) is 11.8. The molecule has 1 aliphatic heterocycles. The van der Waals surface area contributed by atoms with Gasteiger partial charge >= 0.3 is 5.63 Å². The van der Waals surface area contributed by atoms with Crippen molar-refractivity contribution in [3.8, 4) is 11.8 Å². The van der Waals surface area contributed by atoms with Crippen molar-refractivity contribution in [2.24, 2.45) is 0 Å². The van der Waals surface area contributed by atoms with Crippen LogP contribution in [0, 0.1) is 11.8 Å². The number of anilines is 2. The van der Waals surface area contributed by atoms with E-state index >= 15 is 0 Å². The number of para-hydroxylation sites is 1. The molecule has 1 aromatic heterocycles. The Morgan fingerprint density at radius 1 is 0.812 bits per heavy atom. The zero-order chi connectivity index (χ0) is 33.9. The van der Waals surface area contributed by atoms with E-state index in [2.05, 4.69) is 35.9 Å². The second-order valence-electron chi connectivity index (χ2n) is 12.0. The van der Waals surface area contributed by atoms with E-state index < -0.39 is 5.63 Å². The molecule has 3 aromatic carbocycles. The van der Waals surface area contributed by atoms with E-state index in [4.69, 9.17) is 4.42 Å². The summed E-state index contributed by atoms with van der Waals surface area (Å²) in [6, 6.07) is 22.9. The fraction of sp³-hybridized carbons (Fsp3) is 0.350. The summed E-state index contributed by atoms with van der Waals surface area (Å²) in [5.41, 5.74) is 4.51. The lowest BCUT2D eigenvalue weighted by atomic mass is 10.0. The van der Waals surface area contributed by atoms with Crippen molar-refractivity contribution in [1.29, 1.82) is 0 Å². The Bertz CT molecular complexity index is 1900. The number of unbranched alkanes of at least 4 members (excludes halogenated alkanes) is 3. The average Bonchev–Trinajstić information content (AvgIpc) is 3.09. The standard InChI is InChI=1S/C40H43N3O5/c1-3-42(4-2)33-24-23-31-26-34(40(47)48-37(31)27-33)36(44)18-6-5-13-25-41-38(45)19-11-12-20-39(46)43-28-32-16-8-7-14-29(32)21-22-30-15-9-10-17-35(30)43/h7-10,14-17,23-24,26-27H,3-6,11-13,18-20,25,28H2,1-2H3,(H,41,45). The van der Waals surface area contributed by atoms with Crippen LogP contribution in [-0.4, -0.2) is 37.2 Å². The summed E-state index contributed by atoms with van der Waals surface area (Å²) in [5, 5.41) is 3.67. The topological polar surface area (TPSA) is 99.9 Å². The van der Waals surface area contributed by atoms with Crippen molar-refractivity contribution in [3.05, 3.63) is 105 Å². The minimum atomic E-state index is -0.607. The molecule has 4 aromatic rings. The van der Waals surface area contributed by atoms with E-state index in [1.165, 1.54) is 0 Å². The van der Waals surface area contributed by atoms with Gasteiger partial charge in [0.05, 0.1) is 12.2 Å². The third kappa shape index (κ3) is 8.60. The van der Waals surface area contributed by atoms with Gasteiger partial charge in [-0.2, -0.15) is 0 Å². The number of amides is 2. The van der Waals surface area contributed by atoms with E-state index in [0.29, 0.717) is 50.8 Å². The molecular formula is C40H43N3O5. The van der Waals surface area contributed by atoms with Gasteiger partial charge in [-0.05, 0) is 81.5 Å². The van der Waals surface area contributed by atoms with Gasteiger partial charge in [0.15, 0.2) is 5.78 Å². The molecular weight excluding hydrogens is 602 g/mol. The van der Waals surface area contributed by atoms with Crippen LogP contribution in [0.5, 0.6) is 0 Å². The Balaban J connectivity index is 1.00. The van der Waals surface area contributed by atoms with E-state index in [-0.39, 0.29) is 29.6 Å². The molecule has 0 atom stereocenters. The van der Waals surface area contributed by atoms with Crippen LogP contribution in [0.25, 0.3) is 11.0 Å². The Morgan fingerprint density at radius 3 is 2.33 bits per heavy atom. The summed E-state index contributed by atoms with van der Waals surface area (Å²) >= 11 is 0. The van der Waals surface area contributed by atoms with Crippen LogP contribution < -0.4 is 20.7 Å². The normalized spacial score (nSPS) is 11.8. The van der Waals surface area contributed by atoms with E-state index in [1.54, 1.807) is 6.07 Å². The molecule has 5 rings (SSSR count). The number of rotatable bonds is 15. The highest BCUT2D eigenvalue weighted by molar-refractivity contribution is 5.98. The molecule has 1 aliphatic rings. The Labute approximate surface area is 282 Å². The number of nitrogens with zero attached hydrogens (tertiary/aromatic N) is 2. The Hall–Kier alpha value is -5.16. The van der Waals surface area contributed by atoms with Crippen LogP contribution in [0.1, 0.15) is 92.3 Å². The predicted molar refractivity (Wildman–Crippen MR) is 190 cm³/mol. The number of carbonyl (C=O) groups excluding carboxylic acids is 3. The molecule has 0 aliphatic carbocycles. The minimum absolute atomic E-state index is 0.0156. The van der Waals surface area contributed by atoms with Gasteiger partial charge in [0, 0.05) is 67.2 Å². The van der Waals surface area contributed by atoms with Gasteiger partial charge in [-0.25, -0.2) is 4.79 Å². The van der Waals surface area contributed by atoms with Gasteiger partial charge < -0.3 is 19.5 Å². The molecule has 48 heavy (non-hydrogen) atoms. The Morgan fingerprint density at radius 2 is 1.52 bits per heavy atom. The molecule has 0 bridgehead atoms. The number of hydrogen-bond acceptors (Lipinski definition) is 6. The van der Waals surface area contributed by atoms with Crippen LogP contribution in [0.4, 0.5) is 11.4 Å². The number of fused-ring (bicyclic) bond motifs is 3. The summed E-state index contributed by atoms with van der Waals surface area (Å²) in [4.78, 5) is 55.1. The molecule has 2 amide bonds. The molecule has 248 valence electrons. The third-order valence-electron chi connectivity index (χ3n) is 8.77. The summed E-state index contributed by atoms with van der Waals surface area (Å²) in [6.07, 6.45) is 4.26. The van der Waals surface area contributed by atoms with Gasteiger partial charge in [-0.3, -0.25) is 14.4 Å². The van der Waals surface area contributed by atoms with Gasteiger partial charge in [0.25, 0.3) is 0 Å². The van der Waals surface area contributed by atoms with Crippen molar-refractivity contribution in [2.45, 2.75) is 71.8 Å². The van der Waals surface area contributed by atoms with Crippen molar-refractivity contribution >= 4 is 39.9 Å². The number of hydrogen-bond donors (Lipinski definition) is 1. The predicted octanol–water partition coefficient (Wildman–Crippen LogP) is 7.01. The lowest BCUT2D eigenvalue weighted by Gasteiger charge is -2.26. The highest BCUT2D eigenvalue weighted by Crippen LogP contribution is 2.27. The van der Waals surface area contributed by atoms with E-state index in [1.807, 2.05) is 71.6 Å². The first-order valence-corrected chi connectivity index (χ1v) is 17.0. The molecule has 8 heteroatoms. The SMILES string of the molecule is CCN(CC)c1ccc2cc(C(=O)CCCCCNC(=O)CCCCC(=O)N3Cc4ccccc4C#Cc4ccccc43)c(=O)oc2c1. The number of benzene rings is 3. The molecule has 0 saturated carbocycles. The molecule has 0 unspecified atom stereocenters. The maximum absolute atomic E-state index is 13.4. The fourth-order valence-corrected chi connectivity index (χ4v) is 6.02. The van der Waals surface area contributed by atoms with Gasteiger partial charge in [0.1, 0.15) is 11.1 Å². The smallest absolute Gasteiger partial charge is 0.347 e. The first kappa shape index (κ1) is 34.2. The van der Waals surface area contributed by atoms with Crippen molar-refractivity contribution in [3.63, 3.8) is 0 Å². The van der Waals surface area contributed by atoms with Crippen molar-refractivity contribution in [1.82, 2.24) is 5.32 Å². The second-order valence-corrected chi connectivity index (χ2v) is 12.0. The van der Waals surface area contributed by atoms with Gasteiger partial charge in [0.2, 0.25) is 11.8 Å². The van der Waals surface area contributed by atoms with Crippen LogP contribution in [0.3, 0.4) is 0 Å². The maximum atomic E-state index is 13.4. The lowest BCUT2D eigenvalue weighted by Crippen LogP contribution is -2.31. The highest BCUT2D eigenvalue weighted by Gasteiger charge is 2.21. The summed E-state index contributed by atoms with van der Waals surface area (Å²) in [5.74, 6) is 6.20. The first-order chi connectivity index (χ1) is 23.4. The average molecular weight is 646 g/mol. The molecule has 0 spiro atoms. The van der Waals surface area contributed by atoms with Gasteiger partial charge in [-0.15, -0.1) is 0 Å².